The molecule has 0 saturated heterocycles. The van der Waals surface area contributed by atoms with Gasteiger partial charge < -0.3 is 10.2 Å². The van der Waals surface area contributed by atoms with Gasteiger partial charge in [0.15, 0.2) is 0 Å². The maximum Gasteiger partial charge on any atom is 0.0447 e. The van der Waals surface area contributed by atoms with Crippen molar-refractivity contribution in [3.05, 3.63) is 84.1 Å². The molecule has 2 aromatic carbocycles. The highest BCUT2D eigenvalue weighted by molar-refractivity contribution is 5.69. The van der Waals surface area contributed by atoms with Crippen LogP contribution in [0.4, 0.5) is 11.4 Å². The van der Waals surface area contributed by atoms with Crippen molar-refractivity contribution in [2.24, 2.45) is 0 Å². The monoisotopic (exact) mass is 360 g/mol. The third kappa shape index (κ3) is 3.29. The van der Waals surface area contributed by atoms with Crippen LogP contribution >= 0.6 is 0 Å². The summed E-state index contributed by atoms with van der Waals surface area (Å²) < 4.78 is 0. The molecule has 2 aromatic rings. The van der Waals surface area contributed by atoms with Crippen LogP contribution in [0.2, 0.25) is 0 Å². The number of hydrogen-bond acceptors (Lipinski definition) is 2. The summed E-state index contributed by atoms with van der Waals surface area (Å²) in [5.41, 5.74) is 6.65. The predicted molar refractivity (Wildman–Crippen MR) is 119 cm³/mol. The largest absolute Gasteiger partial charge is 0.388 e. The molecule has 2 heteroatoms. The molecule has 27 heavy (non-hydrogen) atoms. The Morgan fingerprint density at radius 2 is 1.74 bits per heavy atom. The van der Waals surface area contributed by atoms with Crippen LogP contribution in [0.25, 0.3) is 0 Å². The standard InChI is InChI=1S/C25H32N2/c1-7-17-25(4,19-12-8-10-14-21(19)26-5)18-16-23-24(2,3)20-13-9-11-15-22(20)27(23)6/h7-16,26H,1,17-18H2,2-6H3/b23-16+. The number of fused-ring (bicyclic) bond motifs is 1. The first-order chi connectivity index (χ1) is 12.8. The molecule has 142 valence electrons. The molecule has 0 aromatic heterocycles. The van der Waals surface area contributed by atoms with Crippen molar-refractivity contribution in [2.45, 2.75) is 44.4 Å². The van der Waals surface area contributed by atoms with E-state index >= 15 is 0 Å². The van der Waals surface area contributed by atoms with Gasteiger partial charge in [0.2, 0.25) is 0 Å². The highest BCUT2D eigenvalue weighted by Gasteiger charge is 2.38. The molecule has 1 aliphatic rings. The van der Waals surface area contributed by atoms with Crippen molar-refractivity contribution >= 4 is 11.4 Å². The lowest BCUT2D eigenvalue weighted by Gasteiger charge is -2.32. The summed E-state index contributed by atoms with van der Waals surface area (Å²) in [6.07, 6.45) is 6.39. The van der Waals surface area contributed by atoms with Crippen LogP contribution in [0.3, 0.4) is 0 Å². The molecule has 2 nitrogen and oxygen atoms in total. The number of para-hydroxylation sites is 2. The zero-order valence-corrected chi connectivity index (χ0v) is 17.3. The van der Waals surface area contributed by atoms with E-state index in [-0.39, 0.29) is 10.8 Å². The summed E-state index contributed by atoms with van der Waals surface area (Å²) >= 11 is 0. The quantitative estimate of drug-likeness (QED) is 0.611. The molecule has 3 rings (SSSR count). The number of nitrogens with one attached hydrogen (secondary N) is 1. The lowest BCUT2D eigenvalue weighted by molar-refractivity contribution is 0.481. The van der Waals surface area contributed by atoms with Crippen LogP contribution < -0.4 is 10.2 Å². The van der Waals surface area contributed by atoms with Crippen molar-refractivity contribution < 1.29 is 0 Å². The van der Waals surface area contributed by atoms with Gasteiger partial charge in [0.1, 0.15) is 0 Å². The molecular formula is C25H32N2. The highest BCUT2D eigenvalue weighted by atomic mass is 15.2. The number of allylic oxidation sites excluding steroid dienone is 3. The minimum Gasteiger partial charge on any atom is -0.388 e. The van der Waals surface area contributed by atoms with Gasteiger partial charge in [-0.25, -0.2) is 0 Å². The molecule has 0 amide bonds. The molecule has 0 radical (unpaired) electrons. The molecule has 1 unspecified atom stereocenters. The molecule has 0 fully saturated rings. The second-order valence-electron chi connectivity index (χ2n) is 8.34. The van der Waals surface area contributed by atoms with Gasteiger partial charge in [0, 0.05) is 42.0 Å². The van der Waals surface area contributed by atoms with Gasteiger partial charge in [-0.2, -0.15) is 0 Å². The molecule has 1 atom stereocenters. The maximum atomic E-state index is 4.03. The van der Waals surface area contributed by atoms with Crippen molar-refractivity contribution in [3.63, 3.8) is 0 Å². The first kappa shape index (κ1) is 19.3. The number of nitrogens with zero attached hydrogens (tertiary/aromatic N) is 1. The fourth-order valence-corrected chi connectivity index (χ4v) is 4.54. The van der Waals surface area contributed by atoms with Crippen LogP contribution in [0.15, 0.2) is 73.0 Å². The van der Waals surface area contributed by atoms with E-state index in [1.165, 1.54) is 28.2 Å². The van der Waals surface area contributed by atoms with E-state index < -0.39 is 0 Å². The summed E-state index contributed by atoms with van der Waals surface area (Å²) in [5.74, 6) is 0. The van der Waals surface area contributed by atoms with Crippen LogP contribution in [0, 0.1) is 0 Å². The molecule has 0 bridgehead atoms. The average Bonchev–Trinajstić information content (AvgIpc) is 2.86. The maximum absolute atomic E-state index is 4.03. The van der Waals surface area contributed by atoms with E-state index in [1.807, 2.05) is 13.1 Å². The van der Waals surface area contributed by atoms with E-state index in [4.69, 9.17) is 0 Å². The molecular weight excluding hydrogens is 328 g/mol. The molecule has 1 aliphatic heterocycles. The molecule has 0 saturated carbocycles. The minimum absolute atomic E-state index is 0.0000475. The van der Waals surface area contributed by atoms with E-state index in [0.29, 0.717) is 0 Å². The average molecular weight is 361 g/mol. The number of hydrogen-bond donors (Lipinski definition) is 1. The third-order valence-corrected chi connectivity index (χ3v) is 6.13. The second kappa shape index (κ2) is 7.26. The Balaban J connectivity index is 2.00. The Labute approximate surface area is 164 Å². The van der Waals surface area contributed by atoms with Crippen LogP contribution in [-0.4, -0.2) is 14.1 Å². The Hall–Kier alpha value is -2.48. The van der Waals surface area contributed by atoms with E-state index in [0.717, 1.165) is 12.8 Å². The van der Waals surface area contributed by atoms with Crippen molar-refractivity contribution in [2.75, 3.05) is 24.3 Å². The minimum atomic E-state index is 0.0000475. The zero-order chi connectivity index (χ0) is 19.7. The summed E-state index contributed by atoms with van der Waals surface area (Å²) in [6, 6.07) is 17.4. The summed E-state index contributed by atoms with van der Waals surface area (Å²) in [5, 5.41) is 3.36. The predicted octanol–water partition coefficient (Wildman–Crippen LogP) is 6.26. The van der Waals surface area contributed by atoms with Crippen molar-refractivity contribution in [3.8, 4) is 0 Å². The fraction of sp³-hybridized carbons (Fsp3) is 0.360. The van der Waals surface area contributed by atoms with Gasteiger partial charge in [-0.05, 0) is 36.1 Å². The van der Waals surface area contributed by atoms with Gasteiger partial charge in [0.25, 0.3) is 0 Å². The third-order valence-electron chi connectivity index (χ3n) is 6.13. The van der Waals surface area contributed by atoms with Crippen LogP contribution in [0.1, 0.15) is 44.7 Å². The van der Waals surface area contributed by atoms with Gasteiger partial charge >= 0.3 is 0 Å². The van der Waals surface area contributed by atoms with Crippen LogP contribution in [0.5, 0.6) is 0 Å². The first-order valence-corrected chi connectivity index (χ1v) is 9.77. The first-order valence-electron chi connectivity index (χ1n) is 9.77. The molecule has 0 spiro atoms. The number of benzene rings is 2. The number of rotatable bonds is 6. The Bertz CT molecular complexity index is 862. The smallest absolute Gasteiger partial charge is 0.0447 e. The van der Waals surface area contributed by atoms with Crippen LogP contribution in [-0.2, 0) is 10.8 Å². The van der Waals surface area contributed by atoms with E-state index in [9.17, 15) is 0 Å². The summed E-state index contributed by atoms with van der Waals surface area (Å²) in [4.78, 5) is 2.35. The number of anilines is 2. The Morgan fingerprint density at radius 3 is 2.41 bits per heavy atom. The van der Waals surface area contributed by atoms with Gasteiger partial charge in [-0.1, -0.05) is 69.3 Å². The second-order valence-corrected chi connectivity index (χ2v) is 8.34. The number of likely N-dealkylation sites (N-methyl/N-ethyl adjacent to an activating group) is 1. The Morgan fingerprint density at radius 1 is 1.07 bits per heavy atom. The lowest BCUT2D eigenvalue weighted by Crippen LogP contribution is -2.26. The topological polar surface area (TPSA) is 15.3 Å². The summed E-state index contributed by atoms with van der Waals surface area (Å²) in [7, 11) is 4.18. The van der Waals surface area contributed by atoms with Crippen molar-refractivity contribution in [1.82, 2.24) is 0 Å². The highest BCUT2D eigenvalue weighted by Crippen LogP contribution is 2.47. The lowest BCUT2D eigenvalue weighted by atomic mass is 9.74. The van der Waals surface area contributed by atoms with Crippen molar-refractivity contribution in [1.29, 1.82) is 0 Å². The van der Waals surface area contributed by atoms with Gasteiger partial charge in [-0.3, -0.25) is 0 Å². The molecule has 1 N–H and O–H groups in total. The van der Waals surface area contributed by atoms with Gasteiger partial charge in [-0.15, -0.1) is 6.58 Å². The normalized spacial score (nSPS) is 18.9. The van der Waals surface area contributed by atoms with E-state index in [2.05, 4.69) is 99.2 Å². The fourth-order valence-electron chi connectivity index (χ4n) is 4.54. The Kier molecular flexibility index (Phi) is 5.19. The molecule has 0 aliphatic carbocycles. The summed E-state index contributed by atoms with van der Waals surface area (Å²) in [6.45, 7) is 11.0. The molecule has 1 heterocycles. The van der Waals surface area contributed by atoms with E-state index in [1.54, 1.807) is 0 Å². The SMILES string of the molecule is C=CCC(C)(C/C=C1/N(C)c2ccccc2C1(C)C)c1ccccc1NC. The van der Waals surface area contributed by atoms with Gasteiger partial charge in [0.05, 0.1) is 0 Å². The zero-order valence-electron chi connectivity index (χ0n) is 17.3.